The maximum Gasteiger partial charge on any atom is 0.191 e. The van der Waals surface area contributed by atoms with Gasteiger partial charge in [-0.15, -0.1) is 0 Å². The van der Waals surface area contributed by atoms with Gasteiger partial charge in [-0.25, -0.2) is 8.42 Å². The van der Waals surface area contributed by atoms with Crippen LogP contribution < -0.4 is 10.6 Å². The molecule has 7 heteroatoms. The summed E-state index contributed by atoms with van der Waals surface area (Å²) < 4.78 is 23.1. The van der Waals surface area contributed by atoms with Crippen LogP contribution in [-0.4, -0.2) is 69.5 Å². The molecule has 0 radical (unpaired) electrons. The Hall–Kier alpha value is -0.820. The summed E-state index contributed by atoms with van der Waals surface area (Å²) in [7, 11) is -2.86. The molecule has 0 aromatic carbocycles. The number of likely N-dealkylation sites (tertiary alicyclic amines) is 1. The van der Waals surface area contributed by atoms with Crippen LogP contribution in [0.1, 0.15) is 46.5 Å². The minimum absolute atomic E-state index is 0.000810. The molecule has 2 heterocycles. The first-order chi connectivity index (χ1) is 11.9. The van der Waals surface area contributed by atoms with Crippen molar-refractivity contribution in [1.82, 2.24) is 15.5 Å². The number of guanidine groups is 1. The van der Waals surface area contributed by atoms with Crippen LogP contribution in [0.25, 0.3) is 0 Å². The molecule has 0 aromatic heterocycles. The first-order valence-electron chi connectivity index (χ1n) is 9.85. The Bertz CT molecular complexity index is 525. The molecule has 0 amide bonds. The Balaban J connectivity index is 1.68. The fourth-order valence-corrected chi connectivity index (χ4v) is 5.71. The average molecular weight is 373 g/mol. The zero-order valence-electron chi connectivity index (χ0n) is 16.1. The molecule has 2 aliphatic rings. The molecule has 146 valence electrons. The molecular formula is C18H36N4O2S. The molecule has 2 rings (SSSR count). The first-order valence-corrected chi connectivity index (χ1v) is 11.7. The molecule has 3 unspecified atom stereocenters. The largest absolute Gasteiger partial charge is 0.357 e. The van der Waals surface area contributed by atoms with Crippen LogP contribution in [0.5, 0.6) is 0 Å². The summed E-state index contributed by atoms with van der Waals surface area (Å²) >= 11 is 0. The van der Waals surface area contributed by atoms with E-state index in [1.54, 1.807) is 0 Å². The molecule has 0 saturated carbocycles. The van der Waals surface area contributed by atoms with Gasteiger partial charge in [0.05, 0.1) is 11.5 Å². The van der Waals surface area contributed by atoms with E-state index in [9.17, 15) is 8.42 Å². The lowest BCUT2D eigenvalue weighted by atomic mass is 9.92. The second kappa shape index (κ2) is 9.76. The van der Waals surface area contributed by atoms with Crippen LogP contribution >= 0.6 is 0 Å². The highest BCUT2D eigenvalue weighted by molar-refractivity contribution is 7.91. The number of nitrogens with one attached hydrogen (secondary N) is 2. The van der Waals surface area contributed by atoms with E-state index in [1.807, 2.05) is 6.92 Å². The van der Waals surface area contributed by atoms with E-state index < -0.39 is 9.84 Å². The zero-order chi connectivity index (χ0) is 18.3. The second-order valence-corrected chi connectivity index (χ2v) is 10.1. The van der Waals surface area contributed by atoms with Gasteiger partial charge in [0, 0.05) is 32.2 Å². The van der Waals surface area contributed by atoms with E-state index >= 15 is 0 Å². The number of hydrogen-bond donors (Lipinski definition) is 2. The van der Waals surface area contributed by atoms with Gasteiger partial charge in [-0.1, -0.05) is 13.8 Å². The maximum atomic E-state index is 11.6. The Morgan fingerprint density at radius 2 is 1.92 bits per heavy atom. The molecule has 0 aliphatic carbocycles. The fraction of sp³-hybridized carbons (Fsp3) is 0.944. The predicted molar refractivity (Wildman–Crippen MR) is 105 cm³/mol. The summed E-state index contributed by atoms with van der Waals surface area (Å²) in [6.07, 6.45) is 4.27. The second-order valence-electron chi connectivity index (χ2n) is 7.92. The number of hydrogen-bond acceptors (Lipinski definition) is 4. The van der Waals surface area contributed by atoms with Gasteiger partial charge in [0.2, 0.25) is 0 Å². The minimum Gasteiger partial charge on any atom is -0.357 e. The van der Waals surface area contributed by atoms with Crippen LogP contribution in [-0.2, 0) is 9.84 Å². The van der Waals surface area contributed by atoms with Crippen molar-refractivity contribution in [2.45, 2.75) is 52.5 Å². The number of sulfone groups is 1. The van der Waals surface area contributed by atoms with Crippen molar-refractivity contribution in [3.05, 3.63) is 0 Å². The van der Waals surface area contributed by atoms with Gasteiger partial charge in [-0.05, 0) is 51.0 Å². The lowest BCUT2D eigenvalue weighted by molar-refractivity contribution is 0.139. The van der Waals surface area contributed by atoms with E-state index in [2.05, 4.69) is 34.4 Å². The Morgan fingerprint density at radius 3 is 2.52 bits per heavy atom. The quantitative estimate of drug-likeness (QED) is 0.402. The molecule has 2 N–H and O–H groups in total. The van der Waals surface area contributed by atoms with Crippen LogP contribution in [0.3, 0.4) is 0 Å². The van der Waals surface area contributed by atoms with Crippen molar-refractivity contribution in [3.8, 4) is 0 Å². The normalized spacial score (nSPS) is 30.4. The van der Waals surface area contributed by atoms with Crippen molar-refractivity contribution < 1.29 is 8.42 Å². The predicted octanol–water partition coefficient (Wildman–Crippen LogP) is 1.49. The third kappa shape index (κ3) is 7.52. The smallest absolute Gasteiger partial charge is 0.191 e. The Kier molecular flexibility index (Phi) is 8.00. The molecule has 25 heavy (non-hydrogen) atoms. The maximum absolute atomic E-state index is 11.6. The van der Waals surface area contributed by atoms with Crippen LogP contribution in [0.4, 0.5) is 0 Å². The highest BCUT2D eigenvalue weighted by Crippen LogP contribution is 2.21. The highest BCUT2D eigenvalue weighted by Gasteiger charge is 2.28. The van der Waals surface area contributed by atoms with Crippen molar-refractivity contribution in [3.63, 3.8) is 0 Å². The van der Waals surface area contributed by atoms with Gasteiger partial charge in [-0.2, -0.15) is 0 Å². The highest BCUT2D eigenvalue weighted by atomic mass is 32.2. The van der Waals surface area contributed by atoms with Crippen molar-refractivity contribution in [2.75, 3.05) is 44.2 Å². The minimum atomic E-state index is -2.86. The number of nitrogens with zero attached hydrogens (tertiary/aromatic N) is 2. The van der Waals surface area contributed by atoms with Crippen LogP contribution in [0.15, 0.2) is 4.99 Å². The zero-order valence-corrected chi connectivity index (χ0v) is 16.9. The van der Waals surface area contributed by atoms with Crippen molar-refractivity contribution in [2.24, 2.45) is 16.8 Å². The molecule has 0 spiro atoms. The molecule has 2 aliphatic heterocycles. The summed E-state index contributed by atoms with van der Waals surface area (Å²) in [6, 6.07) is -0.000810. The Morgan fingerprint density at radius 1 is 1.20 bits per heavy atom. The monoisotopic (exact) mass is 372 g/mol. The third-order valence-corrected chi connectivity index (χ3v) is 6.78. The number of unbranched alkanes of at least 4 members (excludes halogenated alkanes) is 1. The van der Waals surface area contributed by atoms with E-state index in [0.717, 1.165) is 43.9 Å². The SMILES string of the molecule is CCNC(=NCCCCN1CC(C)CC(C)C1)NC1CCS(=O)(=O)C1. The topological polar surface area (TPSA) is 73.8 Å². The van der Waals surface area contributed by atoms with E-state index in [-0.39, 0.29) is 17.5 Å². The molecule has 6 nitrogen and oxygen atoms in total. The van der Waals surface area contributed by atoms with Gasteiger partial charge in [0.25, 0.3) is 0 Å². The Labute approximate surface area is 153 Å². The number of piperidine rings is 1. The standard InChI is InChI=1S/C18H36N4O2S/c1-4-19-18(21-17-7-10-25(23,24)14-17)20-8-5-6-9-22-12-15(2)11-16(3)13-22/h15-17H,4-14H2,1-3H3,(H2,19,20,21). The summed E-state index contributed by atoms with van der Waals surface area (Å²) in [6.45, 7) is 11.9. The van der Waals surface area contributed by atoms with Crippen LogP contribution in [0.2, 0.25) is 0 Å². The first kappa shape index (κ1) is 20.5. The summed E-state index contributed by atoms with van der Waals surface area (Å²) in [5.41, 5.74) is 0. The van der Waals surface area contributed by atoms with Gasteiger partial charge in [0.1, 0.15) is 0 Å². The lowest BCUT2D eigenvalue weighted by Crippen LogP contribution is -2.44. The molecule has 0 aromatic rings. The molecular weight excluding hydrogens is 336 g/mol. The lowest BCUT2D eigenvalue weighted by Gasteiger charge is -2.34. The van der Waals surface area contributed by atoms with E-state index in [1.165, 1.54) is 25.9 Å². The number of rotatable bonds is 7. The molecule has 3 atom stereocenters. The van der Waals surface area contributed by atoms with Gasteiger partial charge < -0.3 is 15.5 Å². The van der Waals surface area contributed by atoms with E-state index in [0.29, 0.717) is 6.42 Å². The average Bonchev–Trinajstić information content (AvgIpc) is 2.85. The van der Waals surface area contributed by atoms with Crippen molar-refractivity contribution in [1.29, 1.82) is 0 Å². The van der Waals surface area contributed by atoms with Gasteiger partial charge in [0.15, 0.2) is 15.8 Å². The molecule has 2 saturated heterocycles. The van der Waals surface area contributed by atoms with Gasteiger partial charge >= 0.3 is 0 Å². The summed E-state index contributed by atoms with van der Waals surface area (Å²) in [5.74, 6) is 2.90. The van der Waals surface area contributed by atoms with Crippen molar-refractivity contribution >= 4 is 15.8 Å². The molecule has 2 fully saturated rings. The molecule has 0 bridgehead atoms. The number of aliphatic imine (C=N–C) groups is 1. The van der Waals surface area contributed by atoms with Gasteiger partial charge in [-0.3, -0.25) is 4.99 Å². The van der Waals surface area contributed by atoms with E-state index in [4.69, 9.17) is 0 Å². The third-order valence-electron chi connectivity index (χ3n) is 5.01. The fourth-order valence-electron chi connectivity index (χ4n) is 4.03. The summed E-state index contributed by atoms with van der Waals surface area (Å²) in [4.78, 5) is 7.21. The van der Waals surface area contributed by atoms with Crippen LogP contribution in [0, 0.1) is 11.8 Å². The summed E-state index contributed by atoms with van der Waals surface area (Å²) in [5, 5.41) is 6.50.